The molecular weight excluding hydrogens is 256 g/mol. The Hall–Kier alpha value is -0.940. The Morgan fingerprint density at radius 3 is 2.85 bits per heavy atom. The highest BCUT2D eigenvalue weighted by Crippen LogP contribution is 2.14. The smallest absolute Gasteiger partial charge is 0.157 e. The molecule has 112 valence electrons. The molecule has 0 aliphatic carbocycles. The Morgan fingerprint density at radius 2 is 2.10 bits per heavy atom. The molecular formula is C16H24O4. The Bertz CT molecular complexity index is 349. The Kier molecular flexibility index (Phi) is 7.01. The van der Waals surface area contributed by atoms with Crippen LogP contribution >= 0.6 is 0 Å². The fourth-order valence-electron chi connectivity index (χ4n) is 2.15. The van der Waals surface area contributed by atoms with E-state index in [1.54, 1.807) is 0 Å². The molecule has 0 spiro atoms. The molecule has 0 aromatic heterocycles. The maximum atomic E-state index is 9.81. The van der Waals surface area contributed by atoms with Crippen molar-refractivity contribution in [3.8, 4) is 0 Å². The van der Waals surface area contributed by atoms with E-state index >= 15 is 0 Å². The molecule has 1 aliphatic rings. The lowest BCUT2D eigenvalue weighted by Gasteiger charge is -2.23. The highest BCUT2D eigenvalue weighted by molar-refractivity contribution is 5.13. The minimum Gasteiger partial charge on any atom is -0.391 e. The standard InChI is InChI=1S/C16H24O4/c17-15(9-11-20-16-8-4-5-10-19-16)13-18-12-14-6-2-1-3-7-14/h1-3,6-7,15-17H,4-5,8-13H2/t15?,16-/m1/s1. The summed E-state index contributed by atoms with van der Waals surface area (Å²) in [5.74, 6) is 0. The third-order valence-corrected chi connectivity index (χ3v) is 3.31. The summed E-state index contributed by atoms with van der Waals surface area (Å²) in [5, 5.41) is 9.81. The zero-order valence-corrected chi connectivity index (χ0v) is 11.9. The van der Waals surface area contributed by atoms with Crippen LogP contribution in [0.1, 0.15) is 31.2 Å². The van der Waals surface area contributed by atoms with Crippen molar-refractivity contribution >= 4 is 0 Å². The molecule has 1 fully saturated rings. The van der Waals surface area contributed by atoms with Gasteiger partial charge in [0, 0.05) is 6.61 Å². The maximum absolute atomic E-state index is 9.81. The minimum absolute atomic E-state index is 0.0822. The molecule has 4 heteroatoms. The Labute approximate surface area is 120 Å². The predicted molar refractivity (Wildman–Crippen MR) is 76.3 cm³/mol. The van der Waals surface area contributed by atoms with Gasteiger partial charge in [-0.15, -0.1) is 0 Å². The van der Waals surface area contributed by atoms with Crippen LogP contribution in [0.15, 0.2) is 30.3 Å². The van der Waals surface area contributed by atoms with Gasteiger partial charge in [-0.25, -0.2) is 0 Å². The van der Waals surface area contributed by atoms with Crippen LogP contribution in [0.25, 0.3) is 0 Å². The van der Waals surface area contributed by atoms with Crippen LogP contribution in [0, 0.1) is 0 Å². The summed E-state index contributed by atoms with van der Waals surface area (Å²) in [6, 6.07) is 9.95. The van der Waals surface area contributed by atoms with Crippen LogP contribution in [-0.4, -0.2) is 37.3 Å². The molecule has 0 radical (unpaired) electrons. The molecule has 1 aromatic rings. The molecule has 0 amide bonds. The van der Waals surface area contributed by atoms with Crippen LogP contribution < -0.4 is 0 Å². The third kappa shape index (κ3) is 6.01. The summed E-state index contributed by atoms with van der Waals surface area (Å²) in [7, 11) is 0. The van der Waals surface area contributed by atoms with Gasteiger partial charge in [-0.2, -0.15) is 0 Å². The normalized spacial score (nSPS) is 20.8. The van der Waals surface area contributed by atoms with Crippen molar-refractivity contribution in [3.63, 3.8) is 0 Å². The minimum atomic E-state index is -0.484. The van der Waals surface area contributed by atoms with Gasteiger partial charge in [-0.1, -0.05) is 30.3 Å². The first-order valence-corrected chi connectivity index (χ1v) is 7.37. The van der Waals surface area contributed by atoms with Gasteiger partial charge in [-0.05, 0) is 31.2 Å². The van der Waals surface area contributed by atoms with E-state index in [1.165, 1.54) is 0 Å². The van der Waals surface area contributed by atoms with Gasteiger partial charge in [0.2, 0.25) is 0 Å². The molecule has 1 heterocycles. The first kappa shape index (κ1) is 15.4. The summed E-state index contributed by atoms with van der Waals surface area (Å²) in [4.78, 5) is 0. The number of ether oxygens (including phenoxy) is 3. The number of benzene rings is 1. The van der Waals surface area contributed by atoms with E-state index in [-0.39, 0.29) is 6.29 Å². The van der Waals surface area contributed by atoms with Gasteiger partial charge in [0.05, 0.1) is 25.9 Å². The fourth-order valence-corrected chi connectivity index (χ4v) is 2.15. The lowest BCUT2D eigenvalue weighted by atomic mass is 10.2. The van der Waals surface area contributed by atoms with Crippen molar-refractivity contribution in [2.24, 2.45) is 0 Å². The first-order chi connectivity index (χ1) is 9.84. The number of aliphatic hydroxyl groups is 1. The summed E-state index contributed by atoms with van der Waals surface area (Å²) in [6.45, 7) is 2.17. The molecule has 1 aliphatic heterocycles. The SMILES string of the molecule is OC(CCO[C@@H]1CCCCO1)COCc1ccccc1. The van der Waals surface area contributed by atoms with E-state index in [1.807, 2.05) is 30.3 Å². The molecule has 1 N–H and O–H groups in total. The van der Waals surface area contributed by atoms with Crippen molar-refractivity contribution in [2.45, 2.75) is 44.7 Å². The summed E-state index contributed by atoms with van der Waals surface area (Å²) in [5.41, 5.74) is 1.12. The third-order valence-electron chi connectivity index (χ3n) is 3.31. The van der Waals surface area contributed by atoms with Crippen LogP contribution in [0.2, 0.25) is 0 Å². The van der Waals surface area contributed by atoms with E-state index in [0.29, 0.717) is 26.2 Å². The van der Waals surface area contributed by atoms with E-state index in [4.69, 9.17) is 14.2 Å². The second-order valence-corrected chi connectivity index (χ2v) is 5.11. The molecule has 0 saturated carbocycles. The Balaban J connectivity index is 1.50. The van der Waals surface area contributed by atoms with Crippen molar-refractivity contribution in [3.05, 3.63) is 35.9 Å². The lowest BCUT2D eigenvalue weighted by molar-refractivity contribution is -0.166. The first-order valence-electron chi connectivity index (χ1n) is 7.37. The molecule has 1 aromatic carbocycles. The number of rotatable bonds is 8. The Morgan fingerprint density at radius 1 is 1.25 bits per heavy atom. The molecule has 2 rings (SSSR count). The summed E-state index contributed by atoms with van der Waals surface area (Å²) >= 11 is 0. The molecule has 0 bridgehead atoms. The van der Waals surface area contributed by atoms with E-state index < -0.39 is 6.10 Å². The number of hydrogen-bond acceptors (Lipinski definition) is 4. The zero-order valence-electron chi connectivity index (χ0n) is 11.9. The van der Waals surface area contributed by atoms with Gasteiger partial charge >= 0.3 is 0 Å². The highest BCUT2D eigenvalue weighted by Gasteiger charge is 2.14. The second-order valence-electron chi connectivity index (χ2n) is 5.11. The largest absolute Gasteiger partial charge is 0.391 e. The molecule has 1 unspecified atom stereocenters. The quantitative estimate of drug-likeness (QED) is 0.795. The van der Waals surface area contributed by atoms with Crippen LogP contribution in [0.4, 0.5) is 0 Å². The van der Waals surface area contributed by atoms with Crippen molar-refractivity contribution in [1.29, 1.82) is 0 Å². The van der Waals surface area contributed by atoms with Crippen molar-refractivity contribution in [2.75, 3.05) is 19.8 Å². The van der Waals surface area contributed by atoms with Gasteiger partial charge < -0.3 is 19.3 Å². The monoisotopic (exact) mass is 280 g/mol. The van der Waals surface area contributed by atoms with Crippen LogP contribution in [0.5, 0.6) is 0 Å². The maximum Gasteiger partial charge on any atom is 0.157 e. The number of aliphatic hydroxyl groups excluding tert-OH is 1. The average Bonchev–Trinajstić information content (AvgIpc) is 2.49. The lowest BCUT2D eigenvalue weighted by Crippen LogP contribution is -2.25. The molecule has 1 saturated heterocycles. The van der Waals surface area contributed by atoms with Gasteiger partial charge in [0.15, 0.2) is 6.29 Å². The second kappa shape index (κ2) is 9.08. The highest BCUT2D eigenvalue weighted by atomic mass is 16.7. The molecule has 4 nitrogen and oxygen atoms in total. The fraction of sp³-hybridized carbons (Fsp3) is 0.625. The number of hydrogen-bond donors (Lipinski definition) is 1. The van der Waals surface area contributed by atoms with Crippen molar-refractivity contribution in [1.82, 2.24) is 0 Å². The molecule has 20 heavy (non-hydrogen) atoms. The van der Waals surface area contributed by atoms with Crippen LogP contribution in [-0.2, 0) is 20.8 Å². The average molecular weight is 280 g/mol. The van der Waals surface area contributed by atoms with E-state index in [0.717, 1.165) is 31.4 Å². The molecule has 2 atom stereocenters. The summed E-state index contributed by atoms with van der Waals surface area (Å²) < 4.78 is 16.5. The van der Waals surface area contributed by atoms with Crippen LogP contribution in [0.3, 0.4) is 0 Å². The topological polar surface area (TPSA) is 47.9 Å². The van der Waals surface area contributed by atoms with Gasteiger partial charge in [0.1, 0.15) is 0 Å². The van der Waals surface area contributed by atoms with Gasteiger partial charge in [0.25, 0.3) is 0 Å². The predicted octanol–water partition coefficient (Wildman–Crippen LogP) is 2.50. The zero-order chi connectivity index (χ0) is 14.0. The van der Waals surface area contributed by atoms with Crippen molar-refractivity contribution < 1.29 is 19.3 Å². The van der Waals surface area contributed by atoms with Gasteiger partial charge in [-0.3, -0.25) is 0 Å². The summed E-state index contributed by atoms with van der Waals surface area (Å²) in [6.07, 6.45) is 3.25. The van der Waals surface area contributed by atoms with E-state index in [9.17, 15) is 5.11 Å². The van der Waals surface area contributed by atoms with E-state index in [2.05, 4.69) is 0 Å².